The Hall–Kier alpha value is -1.41. The highest BCUT2D eigenvalue weighted by Crippen LogP contribution is 2.22. The van der Waals surface area contributed by atoms with E-state index in [2.05, 4.69) is 14.8 Å². The molecule has 0 saturated heterocycles. The Labute approximate surface area is 112 Å². The number of halogens is 5. The average molecular weight is 299 g/mol. The molecule has 0 aliphatic rings. The van der Waals surface area contributed by atoms with Crippen molar-refractivity contribution in [2.75, 3.05) is 19.8 Å². The fourth-order valence-corrected chi connectivity index (χ4v) is 1.36. The first-order valence-electron chi connectivity index (χ1n) is 5.78. The van der Waals surface area contributed by atoms with Gasteiger partial charge in [-0.1, -0.05) is 12.1 Å². The van der Waals surface area contributed by atoms with Crippen LogP contribution in [0.15, 0.2) is 24.3 Å². The molecule has 0 aromatic heterocycles. The standard InChI is InChI=1S/C12H14F5NO2/c13-11(14)8-19-6-5-18-7-9-1-3-10(4-2-9)20-12(15,16)17/h1-4,11,18H,5-8H2. The number of alkyl halides is 5. The van der Waals surface area contributed by atoms with Gasteiger partial charge in [0.15, 0.2) is 0 Å². The summed E-state index contributed by atoms with van der Waals surface area (Å²) in [7, 11) is 0. The molecule has 0 unspecified atom stereocenters. The summed E-state index contributed by atoms with van der Waals surface area (Å²) >= 11 is 0. The van der Waals surface area contributed by atoms with E-state index in [0.717, 1.165) is 5.56 Å². The number of hydrogen-bond acceptors (Lipinski definition) is 3. The second kappa shape index (κ2) is 8.01. The highest BCUT2D eigenvalue weighted by molar-refractivity contribution is 5.27. The first-order valence-corrected chi connectivity index (χ1v) is 5.78. The van der Waals surface area contributed by atoms with Crippen molar-refractivity contribution in [3.05, 3.63) is 29.8 Å². The highest BCUT2D eigenvalue weighted by Gasteiger charge is 2.30. The fourth-order valence-electron chi connectivity index (χ4n) is 1.36. The van der Waals surface area contributed by atoms with E-state index in [0.29, 0.717) is 13.1 Å². The minimum Gasteiger partial charge on any atom is -0.406 e. The summed E-state index contributed by atoms with van der Waals surface area (Å²) < 4.78 is 67.6. The third-order valence-corrected chi connectivity index (χ3v) is 2.15. The second-order valence-electron chi connectivity index (χ2n) is 3.83. The van der Waals surface area contributed by atoms with Crippen LogP contribution in [0.5, 0.6) is 5.75 Å². The molecule has 0 saturated carbocycles. The first kappa shape index (κ1) is 16.6. The number of ether oxygens (including phenoxy) is 2. The van der Waals surface area contributed by atoms with Gasteiger partial charge in [-0.25, -0.2) is 8.78 Å². The Balaban J connectivity index is 2.21. The fraction of sp³-hybridized carbons (Fsp3) is 0.500. The van der Waals surface area contributed by atoms with Gasteiger partial charge in [-0.3, -0.25) is 0 Å². The number of benzene rings is 1. The molecule has 1 aromatic carbocycles. The Morgan fingerprint density at radius 3 is 2.30 bits per heavy atom. The summed E-state index contributed by atoms with van der Waals surface area (Å²) in [5.41, 5.74) is 0.744. The lowest BCUT2D eigenvalue weighted by Gasteiger charge is -2.10. The van der Waals surface area contributed by atoms with E-state index in [4.69, 9.17) is 0 Å². The van der Waals surface area contributed by atoms with Crippen molar-refractivity contribution in [3.8, 4) is 5.75 Å². The Bertz CT molecular complexity index is 380. The maximum atomic E-state index is 11.9. The molecule has 0 bridgehead atoms. The molecular formula is C12H14F5NO2. The lowest BCUT2D eigenvalue weighted by Crippen LogP contribution is -2.20. The summed E-state index contributed by atoms with van der Waals surface area (Å²) in [5, 5.41) is 2.91. The van der Waals surface area contributed by atoms with Crippen LogP contribution in [0, 0.1) is 0 Å². The van der Waals surface area contributed by atoms with Gasteiger partial charge in [-0.2, -0.15) is 0 Å². The second-order valence-corrected chi connectivity index (χ2v) is 3.83. The number of rotatable bonds is 8. The quantitative estimate of drug-likeness (QED) is 0.591. The van der Waals surface area contributed by atoms with E-state index in [1.807, 2.05) is 0 Å². The molecule has 8 heteroatoms. The van der Waals surface area contributed by atoms with E-state index in [-0.39, 0.29) is 12.4 Å². The van der Waals surface area contributed by atoms with E-state index < -0.39 is 19.4 Å². The third-order valence-electron chi connectivity index (χ3n) is 2.15. The maximum absolute atomic E-state index is 11.9. The van der Waals surface area contributed by atoms with Crippen molar-refractivity contribution >= 4 is 0 Å². The van der Waals surface area contributed by atoms with Crippen LogP contribution in [0.1, 0.15) is 5.56 Å². The maximum Gasteiger partial charge on any atom is 0.573 e. The van der Waals surface area contributed by atoms with Gasteiger partial charge in [0.25, 0.3) is 6.43 Å². The predicted molar refractivity (Wildman–Crippen MR) is 61.7 cm³/mol. The molecule has 1 aromatic rings. The molecule has 0 aliphatic carbocycles. The monoisotopic (exact) mass is 299 g/mol. The van der Waals surface area contributed by atoms with Gasteiger partial charge in [0, 0.05) is 13.1 Å². The minimum atomic E-state index is -4.71. The zero-order valence-electron chi connectivity index (χ0n) is 10.4. The molecule has 0 amide bonds. The summed E-state index contributed by atoms with van der Waals surface area (Å²) in [5.74, 6) is -0.290. The van der Waals surface area contributed by atoms with Crippen LogP contribution in [0.2, 0.25) is 0 Å². The molecule has 0 spiro atoms. The molecule has 3 nitrogen and oxygen atoms in total. The van der Waals surface area contributed by atoms with Crippen LogP contribution in [0.25, 0.3) is 0 Å². The van der Waals surface area contributed by atoms with Crippen LogP contribution in [0.4, 0.5) is 22.0 Å². The van der Waals surface area contributed by atoms with Gasteiger partial charge < -0.3 is 14.8 Å². The van der Waals surface area contributed by atoms with Gasteiger partial charge in [-0.15, -0.1) is 13.2 Å². The lowest BCUT2D eigenvalue weighted by molar-refractivity contribution is -0.274. The highest BCUT2D eigenvalue weighted by atomic mass is 19.4. The minimum absolute atomic E-state index is 0.139. The molecule has 0 atom stereocenters. The average Bonchev–Trinajstić information content (AvgIpc) is 2.33. The van der Waals surface area contributed by atoms with Crippen molar-refractivity contribution < 1.29 is 31.4 Å². The summed E-state index contributed by atoms with van der Waals surface area (Å²) in [4.78, 5) is 0. The first-order chi connectivity index (χ1) is 9.37. The molecular weight excluding hydrogens is 285 g/mol. The topological polar surface area (TPSA) is 30.5 Å². The molecule has 114 valence electrons. The van der Waals surface area contributed by atoms with Crippen LogP contribution < -0.4 is 10.1 Å². The van der Waals surface area contributed by atoms with Gasteiger partial charge in [-0.05, 0) is 17.7 Å². The lowest BCUT2D eigenvalue weighted by atomic mass is 10.2. The smallest absolute Gasteiger partial charge is 0.406 e. The van der Waals surface area contributed by atoms with Crippen molar-refractivity contribution in [2.45, 2.75) is 19.3 Å². The van der Waals surface area contributed by atoms with E-state index in [9.17, 15) is 22.0 Å². The van der Waals surface area contributed by atoms with E-state index in [1.54, 1.807) is 0 Å². The van der Waals surface area contributed by atoms with Gasteiger partial charge in [0.1, 0.15) is 12.4 Å². The van der Waals surface area contributed by atoms with Crippen molar-refractivity contribution in [2.24, 2.45) is 0 Å². The zero-order chi connectivity index (χ0) is 15.0. The zero-order valence-corrected chi connectivity index (χ0v) is 10.4. The number of nitrogens with one attached hydrogen (secondary N) is 1. The molecule has 0 fully saturated rings. The molecule has 0 radical (unpaired) electrons. The third kappa shape index (κ3) is 7.90. The van der Waals surface area contributed by atoms with Crippen molar-refractivity contribution in [1.82, 2.24) is 5.32 Å². The van der Waals surface area contributed by atoms with Gasteiger partial charge >= 0.3 is 6.36 Å². The summed E-state index contributed by atoms with van der Waals surface area (Å²) in [6, 6.07) is 5.37. The molecule has 0 aliphatic heterocycles. The van der Waals surface area contributed by atoms with Crippen LogP contribution in [-0.4, -0.2) is 32.5 Å². The summed E-state index contributed by atoms with van der Waals surface area (Å²) in [6.45, 7) is 0.294. The van der Waals surface area contributed by atoms with Crippen LogP contribution in [-0.2, 0) is 11.3 Å². The van der Waals surface area contributed by atoms with Crippen LogP contribution >= 0.6 is 0 Å². The Kier molecular flexibility index (Phi) is 6.66. The molecule has 20 heavy (non-hydrogen) atoms. The SMILES string of the molecule is FC(F)COCCNCc1ccc(OC(F)(F)F)cc1. The molecule has 1 rings (SSSR count). The van der Waals surface area contributed by atoms with Crippen LogP contribution in [0.3, 0.4) is 0 Å². The predicted octanol–water partition coefficient (Wildman–Crippen LogP) is 2.96. The Morgan fingerprint density at radius 1 is 1.10 bits per heavy atom. The summed E-state index contributed by atoms with van der Waals surface area (Å²) in [6.07, 6.45) is -7.20. The van der Waals surface area contributed by atoms with E-state index in [1.165, 1.54) is 24.3 Å². The molecule has 0 heterocycles. The van der Waals surface area contributed by atoms with E-state index >= 15 is 0 Å². The number of hydrogen-bond donors (Lipinski definition) is 1. The largest absolute Gasteiger partial charge is 0.573 e. The Morgan fingerprint density at radius 2 is 1.75 bits per heavy atom. The molecule has 1 N–H and O–H groups in total. The normalized spacial score (nSPS) is 11.9. The van der Waals surface area contributed by atoms with Crippen molar-refractivity contribution in [3.63, 3.8) is 0 Å². The van der Waals surface area contributed by atoms with Crippen molar-refractivity contribution in [1.29, 1.82) is 0 Å². The van der Waals surface area contributed by atoms with Gasteiger partial charge in [0.05, 0.1) is 6.61 Å². The van der Waals surface area contributed by atoms with Gasteiger partial charge in [0.2, 0.25) is 0 Å².